The topological polar surface area (TPSA) is 55.3 Å². The summed E-state index contributed by atoms with van der Waals surface area (Å²) in [5.41, 5.74) is 0.748. The Hall–Kier alpha value is -0.720. The van der Waals surface area contributed by atoms with E-state index in [9.17, 15) is 4.79 Å². The molecule has 0 aliphatic heterocycles. The van der Waals surface area contributed by atoms with Crippen LogP contribution in [0.25, 0.3) is 0 Å². The van der Waals surface area contributed by atoms with E-state index in [-0.39, 0.29) is 5.97 Å². The first kappa shape index (κ1) is 13.3. The van der Waals surface area contributed by atoms with Crippen LogP contribution in [0.15, 0.2) is 0 Å². The van der Waals surface area contributed by atoms with Crippen LogP contribution in [0.5, 0.6) is 0 Å². The Balaban J connectivity index is 2.28. The van der Waals surface area contributed by atoms with E-state index in [0.29, 0.717) is 30.5 Å². The van der Waals surface area contributed by atoms with Gasteiger partial charge in [-0.2, -0.15) is 0 Å². The molecule has 0 bridgehead atoms. The molecule has 1 heterocycles. The Morgan fingerprint density at radius 2 is 2.38 bits per heavy atom. The molecule has 5 nitrogen and oxygen atoms in total. The van der Waals surface area contributed by atoms with Crippen molar-refractivity contribution in [1.29, 1.82) is 0 Å². The van der Waals surface area contributed by atoms with Crippen molar-refractivity contribution in [3.8, 4) is 0 Å². The third kappa shape index (κ3) is 4.42. The first-order valence-corrected chi connectivity index (χ1v) is 6.09. The van der Waals surface area contributed by atoms with Crippen LogP contribution in [0.1, 0.15) is 19.0 Å². The zero-order valence-electron chi connectivity index (χ0n) is 9.27. The number of esters is 1. The molecule has 1 rings (SSSR count). The fraction of sp³-hybridized carbons (Fsp3) is 0.667. The fourth-order valence-corrected chi connectivity index (χ4v) is 1.75. The van der Waals surface area contributed by atoms with Crippen LogP contribution in [-0.4, -0.2) is 40.7 Å². The number of nitrogens with zero attached hydrogens (tertiary/aromatic N) is 3. The molecular formula is C9H14ClN3O2S. The van der Waals surface area contributed by atoms with Crippen molar-refractivity contribution in [2.24, 2.45) is 0 Å². The van der Waals surface area contributed by atoms with Gasteiger partial charge in [0.05, 0.1) is 13.0 Å². The highest BCUT2D eigenvalue weighted by atomic mass is 35.5. The first-order valence-electron chi connectivity index (χ1n) is 4.94. The lowest BCUT2D eigenvalue weighted by Gasteiger charge is -2.14. The minimum atomic E-state index is -0.183. The van der Waals surface area contributed by atoms with Crippen LogP contribution in [-0.2, 0) is 16.1 Å². The molecular weight excluding hydrogens is 250 g/mol. The minimum Gasteiger partial charge on any atom is -0.466 e. The molecule has 0 aromatic carbocycles. The van der Waals surface area contributed by atoms with Crippen molar-refractivity contribution in [2.75, 3.05) is 20.2 Å². The third-order valence-electron chi connectivity index (χ3n) is 1.93. The maximum Gasteiger partial charge on any atom is 0.307 e. The second-order valence-corrected chi connectivity index (χ2v) is 4.64. The number of carbonyl (C=O) groups is 1. The predicted octanol–water partition coefficient (Wildman–Crippen LogP) is 1.58. The summed E-state index contributed by atoms with van der Waals surface area (Å²) in [5, 5.41) is 3.90. The summed E-state index contributed by atoms with van der Waals surface area (Å²) in [7, 11) is 1.90. The molecule has 0 aliphatic carbocycles. The summed E-state index contributed by atoms with van der Waals surface area (Å²) in [5.74, 6) is -0.183. The fourth-order valence-electron chi connectivity index (χ4n) is 1.14. The number of aromatic nitrogens is 2. The lowest BCUT2D eigenvalue weighted by Crippen LogP contribution is -2.22. The van der Waals surface area contributed by atoms with Gasteiger partial charge in [-0.25, -0.2) is 0 Å². The van der Waals surface area contributed by atoms with Crippen LogP contribution < -0.4 is 0 Å². The molecule has 0 unspecified atom stereocenters. The van der Waals surface area contributed by atoms with E-state index in [4.69, 9.17) is 16.3 Å². The number of ether oxygens (including phenoxy) is 1. The Morgan fingerprint density at radius 3 is 2.94 bits per heavy atom. The van der Waals surface area contributed by atoms with Crippen molar-refractivity contribution in [1.82, 2.24) is 14.5 Å². The van der Waals surface area contributed by atoms with Crippen LogP contribution in [0.3, 0.4) is 0 Å². The average molecular weight is 264 g/mol. The lowest BCUT2D eigenvalue weighted by molar-refractivity contribution is -0.143. The van der Waals surface area contributed by atoms with Crippen molar-refractivity contribution in [2.45, 2.75) is 19.9 Å². The molecule has 0 radical (unpaired) electrons. The Bertz CT molecular complexity index is 345. The Labute approximate surface area is 104 Å². The van der Waals surface area contributed by atoms with Gasteiger partial charge in [0.1, 0.15) is 10.0 Å². The molecule has 0 amide bonds. The standard InChI is InChI=1S/C9H14ClN3O2S/c1-3-15-8(14)4-5-13(2)6-7-9(10)16-12-11-7/h3-6H2,1-2H3. The van der Waals surface area contributed by atoms with Gasteiger partial charge in [0.2, 0.25) is 0 Å². The molecule has 0 N–H and O–H groups in total. The zero-order chi connectivity index (χ0) is 12.0. The van der Waals surface area contributed by atoms with E-state index in [1.54, 1.807) is 6.92 Å². The van der Waals surface area contributed by atoms with Gasteiger partial charge in [-0.1, -0.05) is 16.1 Å². The number of hydrogen-bond donors (Lipinski definition) is 0. The number of hydrogen-bond acceptors (Lipinski definition) is 6. The Morgan fingerprint density at radius 1 is 1.62 bits per heavy atom. The molecule has 90 valence electrons. The van der Waals surface area contributed by atoms with E-state index < -0.39 is 0 Å². The second-order valence-electron chi connectivity index (χ2n) is 3.29. The van der Waals surface area contributed by atoms with Crippen LogP contribution in [0, 0.1) is 0 Å². The SMILES string of the molecule is CCOC(=O)CCN(C)Cc1nnsc1Cl. The summed E-state index contributed by atoms with van der Waals surface area (Å²) < 4.78 is 9.17. The van der Waals surface area contributed by atoms with Gasteiger partial charge in [0.25, 0.3) is 0 Å². The summed E-state index contributed by atoms with van der Waals surface area (Å²) in [6, 6.07) is 0. The predicted molar refractivity (Wildman–Crippen MR) is 62.5 cm³/mol. The van der Waals surface area contributed by atoms with E-state index in [1.807, 2.05) is 11.9 Å². The van der Waals surface area contributed by atoms with Gasteiger partial charge < -0.3 is 4.74 Å². The average Bonchev–Trinajstić information content (AvgIpc) is 2.62. The second kappa shape index (κ2) is 6.78. The van der Waals surface area contributed by atoms with Gasteiger partial charge in [0, 0.05) is 24.6 Å². The molecule has 0 atom stereocenters. The molecule has 0 spiro atoms. The molecule has 0 fully saturated rings. The van der Waals surface area contributed by atoms with Gasteiger partial charge >= 0.3 is 5.97 Å². The molecule has 7 heteroatoms. The summed E-state index contributed by atoms with van der Waals surface area (Å²) in [6.45, 7) is 3.42. The van der Waals surface area contributed by atoms with Crippen molar-refractivity contribution in [3.63, 3.8) is 0 Å². The zero-order valence-corrected chi connectivity index (χ0v) is 10.8. The van der Waals surface area contributed by atoms with Crippen LogP contribution in [0.2, 0.25) is 4.34 Å². The number of rotatable bonds is 6. The number of carbonyl (C=O) groups excluding carboxylic acids is 1. The van der Waals surface area contributed by atoms with Crippen molar-refractivity contribution in [3.05, 3.63) is 10.0 Å². The Kier molecular flexibility index (Phi) is 5.65. The van der Waals surface area contributed by atoms with Crippen LogP contribution >= 0.6 is 23.1 Å². The highest BCUT2D eigenvalue weighted by Crippen LogP contribution is 2.18. The molecule has 1 aromatic rings. The summed E-state index contributed by atoms with van der Waals surface area (Å²) >= 11 is 7.04. The first-order chi connectivity index (χ1) is 7.63. The van der Waals surface area contributed by atoms with E-state index >= 15 is 0 Å². The van der Waals surface area contributed by atoms with Gasteiger partial charge in [-0.3, -0.25) is 9.69 Å². The maximum absolute atomic E-state index is 11.1. The highest BCUT2D eigenvalue weighted by Gasteiger charge is 2.10. The van der Waals surface area contributed by atoms with Gasteiger partial charge in [-0.05, 0) is 14.0 Å². The molecule has 1 aromatic heterocycles. The third-order valence-corrected chi connectivity index (χ3v) is 2.92. The lowest BCUT2D eigenvalue weighted by atomic mass is 10.3. The van der Waals surface area contributed by atoms with E-state index in [0.717, 1.165) is 17.2 Å². The highest BCUT2D eigenvalue weighted by molar-refractivity contribution is 7.10. The molecule has 0 saturated heterocycles. The summed E-state index contributed by atoms with van der Waals surface area (Å²) in [4.78, 5) is 13.1. The van der Waals surface area contributed by atoms with Crippen molar-refractivity contribution >= 4 is 29.1 Å². The maximum atomic E-state index is 11.1. The van der Waals surface area contributed by atoms with Gasteiger partial charge in [0.15, 0.2) is 0 Å². The summed E-state index contributed by atoms with van der Waals surface area (Å²) in [6.07, 6.45) is 0.375. The van der Waals surface area contributed by atoms with Crippen molar-refractivity contribution < 1.29 is 9.53 Å². The smallest absolute Gasteiger partial charge is 0.307 e. The largest absolute Gasteiger partial charge is 0.466 e. The van der Waals surface area contributed by atoms with E-state index in [2.05, 4.69) is 9.59 Å². The minimum absolute atomic E-state index is 0.183. The van der Waals surface area contributed by atoms with E-state index in [1.165, 1.54) is 0 Å². The molecule has 0 aliphatic rings. The van der Waals surface area contributed by atoms with Gasteiger partial charge in [-0.15, -0.1) is 5.10 Å². The normalized spacial score (nSPS) is 10.8. The quantitative estimate of drug-likeness (QED) is 0.730. The number of halogens is 1. The molecule has 16 heavy (non-hydrogen) atoms. The molecule has 0 saturated carbocycles. The van der Waals surface area contributed by atoms with Crippen LogP contribution in [0.4, 0.5) is 0 Å². The monoisotopic (exact) mass is 263 g/mol.